The Labute approximate surface area is 88.4 Å². The fourth-order valence-corrected chi connectivity index (χ4v) is 2.26. The topological polar surface area (TPSA) is 12.9 Å². The van der Waals surface area contributed by atoms with Crippen molar-refractivity contribution in [2.24, 2.45) is 0 Å². The van der Waals surface area contributed by atoms with Gasteiger partial charge in [-0.3, -0.25) is 0 Å². The first-order chi connectivity index (χ1) is 6.75. The molecule has 14 heavy (non-hydrogen) atoms. The predicted molar refractivity (Wildman–Crippen MR) is 60.8 cm³/mol. The highest BCUT2D eigenvalue weighted by Gasteiger charge is 2.02. The molecule has 2 rings (SSSR count). The number of aryl methyl sites for hydroxylation is 2. The van der Waals surface area contributed by atoms with Crippen molar-refractivity contribution in [3.63, 3.8) is 0 Å². The summed E-state index contributed by atoms with van der Waals surface area (Å²) in [7, 11) is 0. The van der Waals surface area contributed by atoms with Gasteiger partial charge in [0.15, 0.2) is 0 Å². The Kier molecular flexibility index (Phi) is 2.64. The SMILES string of the molecule is Cc1cnc(Cc2ccccc2C)s1. The smallest absolute Gasteiger partial charge is 0.0971 e. The fraction of sp³-hybridized carbons (Fsp3) is 0.250. The average Bonchev–Trinajstić information content (AvgIpc) is 2.56. The molecule has 0 N–H and O–H groups in total. The Hall–Kier alpha value is -1.15. The zero-order valence-electron chi connectivity index (χ0n) is 8.45. The van der Waals surface area contributed by atoms with Crippen LogP contribution in [0.3, 0.4) is 0 Å². The van der Waals surface area contributed by atoms with Crippen LogP contribution in [0.25, 0.3) is 0 Å². The Morgan fingerprint density at radius 3 is 2.64 bits per heavy atom. The number of rotatable bonds is 2. The van der Waals surface area contributed by atoms with Crippen molar-refractivity contribution in [3.8, 4) is 0 Å². The summed E-state index contributed by atoms with van der Waals surface area (Å²) in [6.07, 6.45) is 2.91. The molecule has 1 aromatic carbocycles. The zero-order valence-corrected chi connectivity index (χ0v) is 9.27. The minimum Gasteiger partial charge on any atom is -0.249 e. The van der Waals surface area contributed by atoms with Crippen molar-refractivity contribution >= 4 is 11.3 Å². The van der Waals surface area contributed by atoms with E-state index in [0.717, 1.165) is 6.42 Å². The first kappa shape index (κ1) is 9.41. The van der Waals surface area contributed by atoms with Gasteiger partial charge in [-0.05, 0) is 25.0 Å². The van der Waals surface area contributed by atoms with Crippen LogP contribution in [0.1, 0.15) is 21.0 Å². The lowest BCUT2D eigenvalue weighted by atomic mass is 10.1. The lowest BCUT2D eigenvalue weighted by Crippen LogP contribution is -1.89. The second-order valence-corrected chi connectivity index (χ2v) is 4.79. The molecule has 0 fully saturated rings. The maximum atomic E-state index is 4.37. The van der Waals surface area contributed by atoms with Crippen LogP contribution in [-0.4, -0.2) is 4.98 Å². The van der Waals surface area contributed by atoms with Gasteiger partial charge in [0.2, 0.25) is 0 Å². The highest BCUT2D eigenvalue weighted by atomic mass is 32.1. The van der Waals surface area contributed by atoms with Crippen molar-refractivity contribution < 1.29 is 0 Å². The summed E-state index contributed by atoms with van der Waals surface area (Å²) in [5.41, 5.74) is 2.72. The Morgan fingerprint density at radius 2 is 2.00 bits per heavy atom. The third-order valence-corrected chi connectivity index (χ3v) is 3.18. The molecule has 0 atom stereocenters. The number of benzene rings is 1. The normalized spacial score (nSPS) is 10.4. The van der Waals surface area contributed by atoms with E-state index in [2.05, 4.69) is 43.1 Å². The molecule has 0 aliphatic carbocycles. The van der Waals surface area contributed by atoms with E-state index < -0.39 is 0 Å². The maximum Gasteiger partial charge on any atom is 0.0971 e. The molecular weight excluding hydrogens is 190 g/mol. The van der Waals surface area contributed by atoms with Crippen LogP contribution >= 0.6 is 11.3 Å². The van der Waals surface area contributed by atoms with Crippen LogP contribution in [0.4, 0.5) is 0 Å². The third-order valence-electron chi connectivity index (χ3n) is 2.27. The van der Waals surface area contributed by atoms with Crippen LogP contribution in [0.5, 0.6) is 0 Å². The van der Waals surface area contributed by atoms with E-state index in [1.807, 2.05) is 6.20 Å². The first-order valence-corrected chi connectivity index (χ1v) is 5.53. The Morgan fingerprint density at radius 1 is 1.21 bits per heavy atom. The standard InChI is InChI=1S/C12H13NS/c1-9-5-3-4-6-11(9)7-12-13-8-10(2)14-12/h3-6,8H,7H2,1-2H3. The van der Waals surface area contributed by atoms with Gasteiger partial charge in [-0.1, -0.05) is 24.3 Å². The molecule has 1 nitrogen and oxygen atoms in total. The summed E-state index contributed by atoms with van der Waals surface area (Å²) >= 11 is 1.78. The number of hydrogen-bond donors (Lipinski definition) is 0. The summed E-state index contributed by atoms with van der Waals surface area (Å²) in [5.74, 6) is 0. The van der Waals surface area contributed by atoms with Gasteiger partial charge in [0.25, 0.3) is 0 Å². The number of aromatic nitrogens is 1. The van der Waals surface area contributed by atoms with Crippen molar-refractivity contribution in [2.45, 2.75) is 20.3 Å². The van der Waals surface area contributed by atoms with E-state index in [1.165, 1.54) is 21.0 Å². The second-order valence-electron chi connectivity index (χ2n) is 3.47. The molecule has 1 aromatic heterocycles. The molecule has 0 amide bonds. The number of hydrogen-bond acceptors (Lipinski definition) is 2. The molecule has 1 heterocycles. The molecule has 0 aliphatic heterocycles. The summed E-state index contributed by atoms with van der Waals surface area (Å²) < 4.78 is 0. The summed E-state index contributed by atoms with van der Waals surface area (Å²) in [4.78, 5) is 5.66. The Balaban J connectivity index is 2.23. The van der Waals surface area contributed by atoms with Crippen LogP contribution in [-0.2, 0) is 6.42 Å². The van der Waals surface area contributed by atoms with Gasteiger partial charge in [-0.25, -0.2) is 4.98 Å². The zero-order chi connectivity index (χ0) is 9.97. The molecule has 0 unspecified atom stereocenters. The van der Waals surface area contributed by atoms with E-state index in [9.17, 15) is 0 Å². The highest BCUT2D eigenvalue weighted by Crippen LogP contribution is 2.17. The largest absolute Gasteiger partial charge is 0.249 e. The van der Waals surface area contributed by atoms with Crippen LogP contribution < -0.4 is 0 Å². The van der Waals surface area contributed by atoms with Crippen LogP contribution in [0.2, 0.25) is 0 Å². The summed E-state index contributed by atoms with van der Waals surface area (Å²) in [6, 6.07) is 8.48. The first-order valence-electron chi connectivity index (χ1n) is 4.71. The van der Waals surface area contributed by atoms with Gasteiger partial charge in [0.1, 0.15) is 0 Å². The monoisotopic (exact) mass is 203 g/mol. The molecule has 2 aromatic rings. The van der Waals surface area contributed by atoms with Crippen LogP contribution in [0.15, 0.2) is 30.5 Å². The predicted octanol–water partition coefficient (Wildman–Crippen LogP) is 3.35. The molecule has 0 bridgehead atoms. The van der Waals surface area contributed by atoms with Gasteiger partial charge >= 0.3 is 0 Å². The summed E-state index contributed by atoms with van der Waals surface area (Å²) in [5, 5.41) is 1.21. The van der Waals surface area contributed by atoms with E-state index in [0.29, 0.717) is 0 Å². The van der Waals surface area contributed by atoms with E-state index in [1.54, 1.807) is 11.3 Å². The fourth-order valence-electron chi connectivity index (χ4n) is 1.45. The lowest BCUT2D eigenvalue weighted by molar-refractivity contribution is 1.11. The minimum atomic E-state index is 0.963. The van der Waals surface area contributed by atoms with Gasteiger partial charge in [0.05, 0.1) is 5.01 Å². The molecule has 0 saturated heterocycles. The van der Waals surface area contributed by atoms with Gasteiger partial charge in [-0.15, -0.1) is 11.3 Å². The van der Waals surface area contributed by atoms with E-state index >= 15 is 0 Å². The van der Waals surface area contributed by atoms with Crippen molar-refractivity contribution in [1.82, 2.24) is 4.98 Å². The molecule has 0 radical (unpaired) electrons. The number of nitrogens with zero attached hydrogens (tertiary/aromatic N) is 1. The van der Waals surface area contributed by atoms with Crippen LogP contribution in [0, 0.1) is 13.8 Å². The molecule has 72 valence electrons. The quantitative estimate of drug-likeness (QED) is 0.729. The molecular formula is C12H13NS. The molecule has 2 heteroatoms. The highest BCUT2D eigenvalue weighted by molar-refractivity contribution is 7.11. The van der Waals surface area contributed by atoms with E-state index in [4.69, 9.17) is 0 Å². The third kappa shape index (κ3) is 2.02. The van der Waals surface area contributed by atoms with Gasteiger partial charge < -0.3 is 0 Å². The lowest BCUT2D eigenvalue weighted by Gasteiger charge is -2.01. The average molecular weight is 203 g/mol. The van der Waals surface area contributed by atoms with E-state index in [-0.39, 0.29) is 0 Å². The van der Waals surface area contributed by atoms with Gasteiger partial charge in [-0.2, -0.15) is 0 Å². The van der Waals surface area contributed by atoms with Crippen molar-refractivity contribution in [2.75, 3.05) is 0 Å². The summed E-state index contributed by atoms with van der Waals surface area (Å²) in [6.45, 7) is 4.24. The second kappa shape index (κ2) is 3.93. The van der Waals surface area contributed by atoms with Crippen molar-refractivity contribution in [1.29, 1.82) is 0 Å². The molecule has 0 saturated carbocycles. The minimum absolute atomic E-state index is 0.963. The number of thiazole rings is 1. The maximum absolute atomic E-state index is 4.37. The molecule has 0 spiro atoms. The van der Waals surface area contributed by atoms with Gasteiger partial charge in [0, 0.05) is 17.5 Å². The van der Waals surface area contributed by atoms with Crippen molar-refractivity contribution in [3.05, 3.63) is 51.5 Å². The molecule has 0 aliphatic rings. The Bertz CT molecular complexity index is 431.